The monoisotopic (exact) mass is 327 g/mol. The van der Waals surface area contributed by atoms with Crippen LogP contribution in [-0.2, 0) is 15.9 Å². The van der Waals surface area contributed by atoms with E-state index in [1.165, 1.54) is 31.3 Å². The first-order valence-corrected chi connectivity index (χ1v) is 8.24. The smallest absolute Gasteiger partial charge is 0.264 e. The molecule has 0 bridgehead atoms. The van der Waals surface area contributed by atoms with Crippen LogP contribution in [0.25, 0.3) is 0 Å². The van der Waals surface area contributed by atoms with E-state index in [1.54, 1.807) is 25.1 Å². The molecule has 6 heteroatoms. The molecule has 0 heterocycles. The Balaban J connectivity index is 2.52. The van der Waals surface area contributed by atoms with Crippen LogP contribution < -0.4 is 4.31 Å². The molecule has 0 aliphatic heterocycles. The highest BCUT2D eigenvalue weighted by molar-refractivity contribution is 7.92. The van der Waals surface area contributed by atoms with E-state index >= 15 is 0 Å². The number of hydrogen-bond acceptors (Lipinski definition) is 2. The van der Waals surface area contributed by atoms with Crippen molar-refractivity contribution in [3.63, 3.8) is 0 Å². The zero-order chi connectivity index (χ0) is 15.6. The Hall–Kier alpha value is -1.59. The minimum Gasteiger partial charge on any atom is -0.269 e. The number of hydrogen-bond donors (Lipinski definition) is 0. The zero-order valence-electron chi connectivity index (χ0n) is 11.7. The van der Waals surface area contributed by atoms with Crippen molar-refractivity contribution >= 4 is 27.3 Å². The van der Waals surface area contributed by atoms with Crippen molar-refractivity contribution in [1.82, 2.24) is 0 Å². The molecule has 0 fully saturated rings. The molecule has 0 aromatic heterocycles. The van der Waals surface area contributed by atoms with Gasteiger partial charge in [0.05, 0.1) is 10.6 Å². The summed E-state index contributed by atoms with van der Waals surface area (Å²) in [5.74, 6) is -0.250. The predicted octanol–water partition coefficient (Wildman–Crippen LogP) is 3.70. The van der Waals surface area contributed by atoms with Crippen LogP contribution in [0.15, 0.2) is 47.4 Å². The quantitative estimate of drug-likeness (QED) is 0.803. The number of nitrogens with zero attached hydrogens (tertiary/aromatic N) is 1. The summed E-state index contributed by atoms with van der Waals surface area (Å²) < 4.78 is 39.7. The van der Waals surface area contributed by atoms with Crippen molar-refractivity contribution in [3.8, 4) is 0 Å². The Morgan fingerprint density at radius 1 is 1.19 bits per heavy atom. The fourth-order valence-corrected chi connectivity index (χ4v) is 3.79. The van der Waals surface area contributed by atoms with Crippen molar-refractivity contribution in [1.29, 1.82) is 0 Å². The highest BCUT2D eigenvalue weighted by atomic mass is 35.5. The first-order chi connectivity index (χ1) is 9.87. The Kier molecular flexibility index (Phi) is 4.54. The maximum absolute atomic E-state index is 13.3. The van der Waals surface area contributed by atoms with Gasteiger partial charge in [-0.15, -0.1) is 11.6 Å². The Morgan fingerprint density at radius 3 is 2.48 bits per heavy atom. The van der Waals surface area contributed by atoms with E-state index < -0.39 is 15.8 Å². The normalized spacial score (nSPS) is 11.4. The zero-order valence-corrected chi connectivity index (χ0v) is 13.2. The van der Waals surface area contributed by atoms with Gasteiger partial charge in [-0.05, 0) is 42.3 Å². The summed E-state index contributed by atoms with van der Waals surface area (Å²) in [7, 11) is -2.36. The molecule has 21 heavy (non-hydrogen) atoms. The van der Waals surface area contributed by atoms with Gasteiger partial charge in [-0.2, -0.15) is 0 Å². The lowest BCUT2D eigenvalue weighted by Gasteiger charge is -2.21. The van der Waals surface area contributed by atoms with Gasteiger partial charge in [-0.1, -0.05) is 18.2 Å². The second-order valence-corrected chi connectivity index (χ2v) is 6.83. The van der Waals surface area contributed by atoms with E-state index in [2.05, 4.69) is 0 Å². The van der Waals surface area contributed by atoms with Crippen molar-refractivity contribution in [2.75, 3.05) is 11.4 Å². The Morgan fingerprint density at radius 2 is 1.86 bits per heavy atom. The summed E-state index contributed by atoms with van der Waals surface area (Å²) in [6.45, 7) is 1.71. The van der Waals surface area contributed by atoms with Gasteiger partial charge in [0.1, 0.15) is 5.82 Å². The Bertz CT molecular complexity index is 762. The van der Waals surface area contributed by atoms with Gasteiger partial charge in [0.25, 0.3) is 10.0 Å². The summed E-state index contributed by atoms with van der Waals surface area (Å²) in [4.78, 5) is 0.174. The van der Waals surface area contributed by atoms with Crippen molar-refractivity contribution in [2.45, 2.75) is 17.7 Å². The van der Waals surface area contributed by atoms with E-state index in [-0.39, 0.29) is 16.5 Å². The molecule has 0 unspecified atom stereocenters. The molecule has 2 aromatic rings. The largest absolute Gasteiger partial charge is 0.269 e. The van der Waals surface area contributed by atoms with Gasteiger partial charge < -0.3 is 0 Å². The van der Waals surface area contributed by atoms with Crippen LogP contribution in [0.3, 0.4) is 0 Å². The van der Waals surface area contributed by atoms with E-state index in [1.807, 2.05) is 0 Å². The first-order valence-electron chi connectivity index (χ1n) is 6.27. The van der Waals surface area contributed by atoms with E-state index in [4.69, 9.17) is 11.6 Å². The predicted molar refractivity (Wildman–Crippen MR) is 82.7 cm³/mol. The highest BCUT2D eigenvalue weighted by Gasteiger charge is 2.24. The van der Waals surface area contributed by atoms with Gasteiger partial charge in [0.15, 0.2) is 0 Å². The number of benzene rings is 2. The van der Waals surface area contributed by atoms with Crippen molar-refractivity contribution in [3.05, 3.63) is 59.4 Å². The molecule has 0 saturated heterocycles. The average molecular weight is 328 g/mol. The number of rotatable bonds is 4. The van der Waals surface area contributed by atoms with Gasteiger partial charge in [0.2, 0.25) is 0 Å². The lowest BCUT2D eigenvalue weighted by atomic mass is 10.1. The maximum atomic E-state index is 13.3. The van der Waals surface area contributed by atoms with Crippen LogP contribution in [-0.4, -0.2) is 15.5 Å². The summed E-state index contributed by atoms with van der Waals surface area (Å²) >= 11 is 5.81. The third-order valence-electron chi connectivity index (χ3n) is 3.35. The molecule has 0 aliphatic carbocycles. The van der Waals surface area contributed by atoms with Gasteiger partial charge in [-0.25, -0.2) is 12.8 Å². The topological polar surface area (TPSA) is 37.4 Å². The number of anilines is 1. The van der Waals surface area contributed by atoms with Crippen molar-refractivity contribution < 1.29 is 12.8 Å². The molecule has 0 aliphatic rings. The molecule has 0 radical (unpaired) electrons. The van der Waals surface area contributed by atoms with Gasteiger partial charge in [0, 0.05) is 12.9 Å². The number of halogens is 2. The molecule has 112 valence electrons. The van der Waals surface area contributed by atoms with E-state index in [9.17, 15) is 12.8 Å². The minimum absolute atomic E-state index is 0.174. The molecule has 0 amide bonds. The average Bonchev–Trinajstić information content (AvgIpc) is 2.46. The van der Waals surface area contributed by atoms with Gasteiger partial charge >= 0.3 is 0 Å². The van der Waals surface area contributed by atoms with Gasteiger partial charge in [-0.3, -0.25) is 4.31 Å². The molecular formula is C15H15ClFNO2S. The van der Waals surface area contributed by atoms with Crippen LogP contribution in [0, 0.1) is 12.7 Å². The summed E-state index contributed by atoms with van der Waals surface area (Å²) in [5.41, 5.74) is 1.63. The lowest BCUT2D eigenvalue weighted by molar-refractivity contribution is 0.593. The van der Waals surface area contributed by atoms with E-state index in [0.717, 1.165) is 9.87 Å². The summed E-state index contributed by atoms with van der Waals surface area (Å²) in [6, 6.07) is 10.4. The first kappa shape index (κ1) is 15.8. The number of alkyl halides is 1. The SMILES string of the molecule is Cc1c(CCl)cccc1S(=O)(=O)N(C)c1cccc(F)c1. The lowest BCUT2D eigenvalue weighted by Crippen LogP contribution is -2.27. The third kappa shape index (κ3) is 3.04. The Labute approximate surface area is 129 Å². The fraction of sp³-hybridized carbons (Fsp3) is 0.200. The minimum atomic E-state index is -3.76. The van der Waals surface area contributed by atoms with Crippen LogP contribution in [0.4, 0.5) is 10.1 Å². The molecule has 0 saturated carbocycles. The summed E-state index contributed by atoms with van der Waals surface area (Å²) in [6.07, 6.45) is 0. The molecule has 3 nitrogen and oxygen atoms in total. The third-order valence-corrected chi connectivity index (χ3v) is 5.57. The van der Waals surface area contributed by atoms with E-state index in [0.29, 0.717) is 5.56 Å². The maximum Gasteiger partial charge on any atom is 0.264 e. The van der Waals surface area contributed by atoms with Crippen molar-refractivity contribution in [2.24, 2.45) is 0 Å². The van der Waals surface area contributed by atoms with Crippen LogP contribution in [0.5, 0.6) is 0 Å². The molecule has 0 atom stereocenters. The number of sulfonamides is 1. The summed E-state index contributed by atoms with van der Waals surface area (Å²) in [5, 5.41) is 0. The van der Waals surface area contributed by atoms with Crippen LogP contribution >= 0.6 is 11.6 Å². The fourth-order valence-electron chi connectivity index (χ4n) is 2.04. The second kappa shape index (κ2) is 6.03. The molecule has 0 N–H and O–H groups in total. The second-order valence-electron chi connectivity index (χ2n) is 4.63. The highest BCUT2D eigenvalue weighted by Crippen LogP contribution is 2.26. The molecule has 2 aromatic carbocycles. The van der Waals surface area contributed by atoms with Crippen LogP contribution in [0.1, 0.15) is 11.1 Å². The molecular weight excluding hydrogens is 313 g/mol. The standard InChI is InChI=1S/C15H15ClFNO2S/c1-11-12(10-16)5-3-8-15(11)21(19,20)18(2)14-7-4-6-13(17)9-14/h3-9H,10H2,1-2H3. The van der Waals surface area contributed by atoms with Crippen LogP contribution in [0.2, 0.25) is 0 Å². The molecule has 2 rings (SSSR count). The molecule has 0 spiro atoms.